The number of rotatable bonds is 7. The van der Waals surface area contributed by atoms with E-state index >= 15 is 0 Å². The maximum atomic E-state index is 14.8. The normalized spacial score (nSPS) is 17.7. The second-order valence-corrected chi connectivity index (χ2v) is 8.72. The van der Waals surface area contributed by atoms with E-state index in [-0.39, 0.29) is 29.8 Å². The van der Waals surface area contributed by atoms with Gasteiger partial charge in [0.05, 0.1) is 12.2 Å². The van der Waals surface area contributed by atoms with Gasteiger partial charge in [-0.1, -0.05) is 18.2 Å². The van der Waals surface area contributed by atoms with Crippen LogP contribution in [0, 0.1) is 23.4 Å². The van der Waals surface area contributed by atoms with Crippen LogP contribution in [0.15, 0.2) is 54.6 Å². The van der Waals surface area contributed by atoms with Crippen molar-refractivity contribution in [1.29, 1.82) is 0 Å². The fourth-order valence-electron chi connectivity index (χ4n) is 4.54. The third-order valence-electron chi connectivity index (χ3n) is 6.50. The fraction of sp³-hybridized carbons (Fsp3) is 0.321. The minimum Gasteiger partial charge on any atom is -0.494 e. The molecule has 3 aromatic carbocycles. The third kappa shape index (κ3) is 5.51. The molecule has 7 heteroatoms. The Hall–Kier alpha value is -3.32. The number of hydrogen-bond donors (Lipinski definition) is 1. The number of halogens is 3. The minimum absolute atomic E-state index is 0.102. The summed E-state index contributed by atoms with van der Waals surface area (Å²) < 4.78 is 54.5. The molecule has 0 aliphatic heterocycles. The average Bonchev–Trinajstić information content (AvgIpc) is 2.87. The Labute approximate surface area is 202 Å². The lowest BCUT2D eigenvalue weighted by Crippen LogP contribution is -2.18. The van der Waals surface area contributed by atoms with Gasteiger partial charge in [0.25, 0.3) is 0 Å². The number of esters is 1. The average molecular weight is 485 g/mol. The Morgan fingerprint density at radius 1 is 0.914 bits per heavy atom. The van der Waals surface area contributed by atoms with Crippen LogP contribution in [0.4, 0.5) is 13.2 Å². The molecule has 4 rings (SSSR count). The second-order valence-electron chi connectivity index (χ2n) is 8.72. The van der Waals surface area contributed by atoms with Gasteiger partial charge in [0.2, 0.25) is 0 Å². The van der Waals surface area contributed by atoms with Crippen molar-refractivity contribution in [2.45, 2.75) is 38.5 Å². The Balaban J connectivity index is 1.46. The summed E-state index contributed by atoms with van der Waals surface area (Å²) >= 11 is 0. The van der Waals surface area contributed by atoms with Gasteiger partial charge in [-0.3, -0.25) is 0 Å². The maximum Gasteiger partial charge on any atom is 0.346 e. The number of ether oxygens (including phenoxy) is 2. The Morgan fingerprint density at radius 3 is 2.23 bits per heavy atom. The van der Waals surface area contributed by atoms with Gasteiger partial charge in [-0.05, 0) is 85.9 Å². The van der Waals surface area contributed by atoms with Crippen LogP contribution in [0.1, 0.15) is 54.4 Å². The number of carbonyl (C=O) groups excluding carboxylic acids is 1. The summed E-state index contributed by atoms with van der Waals surface area (Å²) in [5.41, 5.74) is 0.667. The summed E-state index contributed by atoms with van der Waals surface area (Å²) in [5.74, 6) is -3.13. The van der Waals surface area contributed by atoms with E-state index in [1.54, 1.807) is 24.3 Å². The Bertz CT molecular complexity index is 1190. The lowest BCUT2D eigenvalue weighted by molar-refractivity contribution is 0.0728. The molecule has 1 fully saturated rings. The smallest absolute Gasteiger partial charge is 0.346 e. The van der Waals surface area contributed by atoms with Crippen LogP contribution in [0.3, 0.4) is 0 Å². The highest BCUT2D eigenvalue weighted by atomic mass is 19.2. The summed E-state index contributed by atoms with van der Waals surface area (Å²) in [4.78, 5) is 12.5. The molecule has 1 saturated carbocycles. The fourth-order valence-corrected chi connectivity index (χ4v) is 4.54. The van der Waals surface area contributed by atoms with E-state index in [1.165, 1.54) is 30.3 Å². The van der Waals surface area contributed by atoms with Gasteiger partial charge < -0.3 is 14.6 Å². The number of aliphatic hydroxyl groups is 1. The van der Waals surface area contributed by atoms with Crippen molar-refractivity contribution >= 4 is 5.97 Å². The van der Waals surface area contributed by atoms with Gasteiger partial charge in [0.1, 0.15) is 17.3 Å². The molecule has 1 aliphatic carbocycles. The van der Waals surface area contributed by atoms with Crippen LogP contribution in [0.25, 0.3) is 11.1 Å². The zero-order valence-corrected chi connectivity index (χ0v) is 19.4. The molecular formula is C28H27F3O4. The van der Waals surface area contributed by atoms with Crippen molar-refractivity contribution < 1.29 is 32.5 Å². The van der Waals surface area contributed by atoms with Crippen molar-refractivity contribution in [3.05, 3.63) is 83.2 Å². The molecule has 184 valence electrons. The van der Waals surface area contributed by atoms with Gasteiger partial charge in [0, 0.05) is 18.2 Å². The molecule has 35 heavy (non-hydrogen) atoms. The highest BCUT2D eigenvalue weighted by molar-refractivity contribution is 5.91. The minimum atomic E-state index is -1.23. The molecule has 0 spiro atoms. The van der Waals surface area contributed by atoms with E-state index < -0.39 is 29.0 Å². The lowest BCUT2D eigenvalue weighted by Gasteiger charge is -2.28. The first-order valence-corrected chi connectivity index (χ1v) is 11.7. The van der Waals surface area contributed by atoms with Crippen LogP contribution < -0.4 is 9.47 Å². The predicted octanol–water partition coefficient (Wildman–Crippen LogP) is 6.65. The molecule has 0 heterocycles. The molecule has 4 nitrogen and oxygen atoms in total. The van der Waals surface area contributed by atoms with Gasteiger partial charge >= 0.3 is 5.97 Å². The SMILES string of the molecule is CCOc1ccc(-c2ccc(OC(=O)c3ccc(C4CCC(CO)CC4)c(F)c3F)cc2)c(F)c1. The molecule has 0 bridgehead atoms. The largest absolute Gasteiger partial charge is 0.494 e. The van der Waals surface area contributed by atoms with Gasteiger partial charge in [-0.2, -0.15) is 0 Å². The predicted molar refractivity (Wildman–Crippen MR) is 126 cm³/mol. The van der Waals surface area contributed by atoms with Crippen LogP contribution >= 0.6 is 0 Å². The summed E-state index contributed by atoms with van der Waals surface area (Å²) in [7, 11) is 0. The monoisotopic (exact) mass is 484 g/mol. The zero-order chi connectivity index (χ0) is 24.9. The van der Waals surface area contributed by atoms with Gasteiger partial charge in [0.15, 0.2) is 11.6 Å². The van der Waals surface area contributed by atoms with Crippen LogP contribution in [-0.4, -0.2) is 24.3 Å². The Kier molecular flexibility index (Phi) is 7.76. The van der Waals surface area contributed by atoms with E-state index in [9.17, 15) is 23.1 Å². The molecule has 1 N–H and O–H groups in total. The lowest BCUT2D eigenvalue weighted by atomic mass is 9.78. The van der Waals surface area contributed by atoms with Crippen molar-refractivity contribution in [3.63, 3.8) is 0 Å². The van der Waals surface area contributed by atoms with Crippen molar-refractivity contribution in [1.82, 2.24) is 0 Å². The first-order valence-electron chi connectivity index (χ1n) is 11.7. The second kappa shape index (κ2) is 11.0. The van der Waals surface area contributed by atoms with Crippen molar-refractivity contribution in [2.24, 2.45) is 5.92 Å². The summed E-state index contributed by atoms with van der Waals surface area (Å²) in [6.45, 7) is 2.34. The van der Waals surface area contributed by atoms with E-state index in [0.29, 0.717) is 36.3 Å². The van der Waals surface area contributed by atoms with E-state index in [1.807, 2.05) is 6.92 Å². The first kappa shape index (κ1) is 24.8. The maximum absolute atomic E-state index is 14.8. The first-order chi connectivity index (χ1) is 16.9. The molecular weight excluding hydrogens is 457 g/mol. The zero-order valence-electron chi connectivity index (χ0n) is 19.4. The van der Waals surface area contributed by atoms with Gasteiger partial charge in [-0.15, -0.1) is 0 Å². The van der Waals surface area contributed by atoms with E-state index in [0.717, 1.165) is 12.8 Å². The standard InChI is InChI=1S/C28H27F3O4/c1-2-34-21-11-12-22(25(29)15-21)18-7-9-20(10-8-18)35-28(33)24-14-13-23(26(30)27(24)31)19-5-3-17(16-32)4-6-19/h7-15,17,19,32H,2-6,16H2,1H3. The molecule has 0 amide bonds. The van der Waals surface area contributed by atoms with Gasteiger partial charge in [-0.25, -0.2) is 18.0 Å². The number of carbonyl (C=O) groups is 1. The van der Waals surface area contributed by atoms with Crippen molar-refractivity contribution in [2.75, 3.05) is 13.2 Å². The number of hydrogen-bond acceptors (Lipinski definition) is 4. The number of benzene rings is 3. The van der Waals surface area contributed by atoms with Crippen molar-refractivity contribution in [3.8, 4) is 22.6 Å². The molecule has 1 aliphatic rings. The number of aliphatic hydroxyl groups excluding tert-OH is 1. The van der Waals surface area contributed by atoms with E-state index in [4.69, 9.17) is 9.47 Å². The molecule has 0 saturated heterocycles. The summed E-state index contributed by atoms with van der Waals surface area (Å²) in [5, 5.41) is 9.27. The summed E-state index contributed by atoms with van der Waals surface area (Å²) in [6, 6.07) is 13.3. The highest BCUT2D eigenvalue weighted by Gasteiger charge is 2.27. The van der Waals surface area contributed by atoms with Crippen LogP contribution in [0.2, 0.25) is 0 Å². The third-order valence-corrected chi connectivity index (χ3v) is 6.50. The van der Waals surface area contributed by atoms with E-state index in [2.05, 4.69) is 0 Å². The molecule has 0 unspecified atom stereocenters. The summed E-state index contributed by atoms with van der Waals surface area (Å²) in [6.07, 6.45) is 2.82. The highest BCUT2D eigenvalue weighted by Crippen LogP contribution is 2.37. The Morgan fingerprint density at radius 2 is 1.60 bits per heavy atom. The quantitative estimate of drug-likeness (QED) is 0.301. The molecule has 0 aromatic heterocycles. The molecule has 0 radical (unpaired) electrons. The van der Waals surface area contributed by atoms with Crippen LogP contribution in [0.5, 0.6) is 11.5 Å². The molecule has 3 aromatic rings. The topological polar surface area (TPSA) is 55.8 Å². The molecule has 0 atom stereocenters. The van der Waals surface area contributed by atoms with Crippen LogP contribution in [-0.2, 0) is 0 Å².